The third-order valence-electron chi connectivity index (χ3n) is 3.28. The highest BCUT2D eigenvalue weighted by Gasteiger charge is 2.16. The molecule has 5 nitrogen and oxygen atoms in total. The molecule has 0 saturated carbocycles. The Bertz CT molecular complexity index is 542. The van der Waals surface area contributed by atoms with E-state index in [1.54, 1.807) is 6.07 Å². The van der Waals surface area contributed by atoms with Crippen LogP contribution in [0.25, 0.3) is 10.9 Å². The second-order valence-electron chi connectivity index (χ2n) is 4.58. The number of aromatic nitrogens is 1. The summed E-state index contributed by atoms with van der Waals surface area (Å²) in [6.45, 7) is 4.06. The van der Waals surface area contributed by atoms with E-state index in [1.807, 2.05) is 18.3 Å². The van der Waals surface area contributed by atoms with Crippen molar-refractivity contribution in [1.29, 1.82) is 0 Å². The van der Waals surface area contributed by atoms with Crippen LogP contribution in [0.5, 0.6) is 5.75 Å². The normalized spacial score (nSPS) is 11.2. The van der Waals surface area contributed by atoms with Gasteiger partial charge in [-0.05, 0) is 37.7 Å². The Balaban J connectivity index is 2.28. The minimum Gasteiger partial charge on any atom is -0.511 e. The Labute approximate surface area is 113 Å². The van der Waals surface area contributed by atoms with Crippen LogP contribution < -0.4 is 4.65 Å². The van der Waals surface area contributed by atoms with Crippen LogP contribution in [0.3, 0.4) is 0 Å². The van der Waals surface area contributed by atoms with E-state index < -0.39 is 7.32 Å². The van der Waals surface area contributed by atoms with E-state index in [4.69, 9.17) is 14.7 Å². The zero-order valence-electron chi connectivity index (χ0n) is 11.3. The third-order valence-corrected chi connectivity index (χ3v) is 3.28. The molecular weight excluding hydrogens is 243 g/mol. The van der Waals surface area contributed by atoms with Gasteiger partial charge in [-0.3, -0.25) is 0 Å². The molecule has 0 amide bonds. The molecule has 1 aromatic carbocycles. The summed E-state index contributed by atoms with van der Waals surface area (Å²) in [6.07, 6.45) is 2.83. The summed E-state index contributed by atoms with van der Waals surface area (Å²) in [5, 5.41) is 18.8. The quantitative estimate of drug-likeness (QED) is 0.679. The summed E-state index contributed by atoms with van der Waals surface area (Å²) in [5.41, 5.74) is 2.05. The molecule has 2 rings (SSSR count). The maximum Gasteiger partial charge on any atom is 0.707 e. The maximum atomic E-state index is 8.96. The molecule has 0 aliphatic heterocycles. The number of likely N-dealkylation sites (N-methyl/N-ethyl adjacent to an activating group) is 1. The van der Waals surface area contributed by atoms with Crippen molar-refractivity contribution in [3.63, 3.8) is 0 Å². The standard InChI is InChI=1S/C13H19BN2O3/c1-3-16(2)8-7-10-9-15-11-5-4-6-12(13(10)11)19-14(17)18/h4-6,9,15,17-18H,3,7-8H2,1-2H3. The van der Waals surface area contributed by atoms with Gasteiger partial charge in [-0.1, -0.05) is 13.0 Å². The fraction of sp³-hybridized carbons (Fsp3) is 0.385. The average Bonchev–Trinajstić information content (AvgIpc) is 2.79. The van der Waals surface area contributed by atoms with Crippen molar-refractivity contribution in [3.05, 3.63) is 30.0 Å². The molecule has 1 aromatic heterocycles. The van der Waals surface area contributed by atoms with Crippen LogP contribution in [0.4, 0.5) is 0 Å². The molecule has 6 heteroatoms. The van der Waals surface area contributed by atoms with Crippen molar-refractivity contribution in [2.45, 2.75) is 13.3 Å². The maximum absolute atomic E-state index is 8.96. The minimum atomic E-state index is -1.80. The Morgan fingerprint density at radius 3 is 2.84 bits per heavy atom. The second kappa shape index (κ2) is 6.10. The number of hydrogen-bond acceptors (Lipinski definition) is 4. The largest absolute Gasteiger partial charge is 0.707 e. The van der Waals surface area contributed by atoms with Crippen LogP contribution in [0.1, 0.15) is 12.5 Å². The molecule has 102 valence electrons. The van der Waals surface area contributed by atoms with Gasteiger partial charge in [-0.25, -0.2) is 0 Å². The molecule has 0 aliphatic carbocycles. The highest BCUT2D eigenvalue weighted by Crippen LogP contribution is 2.29. The van der Waals surface area contributed by atoms with Crippen LogP contribution in [-0.2, 0) is 6.42 Å². The molecule has 2 aromatic rings. The number of nitrogens with one attached hydrogen (secondary N) is 1. The number of fused-ring (bicyclic) bond motifs is 1. The Morgan fingerprint density at radius 1 is 1.37 bits per heavy atom. The average molecular weight is 262 g/mol. The van der Waals surface area contributed by atoms with Crippen LogP contribution in [0.15, 0.2) is 24.4 Å². The molecular formula is C13H19BN2O3. The Morgan fingerprint density at radius 2 is 2.16 bits per heavy atom. The summed E-state index contributed by atoms with van der Waals surface area (Å²) in [7, 11) is 0.274. The van der Waals surface area contributed by atoms with Gasteiger partial charge in [0.25, 0.3) is 0 Å². The van der Waals surface area contributed by atoms with Crippen molar-refractivity contribution < 1.29 is 14.7 Å². The lowest BCUT2D eigenvalue weighted by Gasteiger charge is -2.13. The van der Waals surface area contributed by atoms with Gasteiger partial charge in [-0.2, -0.15) is 0 Å². The molecule has 1 heterocycles. The fourth-order valence-electron chi connectivity index (χ4n) is 2.10. The summed E-state index contributed by atoms with van der Waals surface area (Å²) in [5.74, 6) is 0.489. The van der Waals surface area contributed by atoms with Gasteiger partial charge < -0.3 is 24.6 Å². The van der Waals surface area contributed by atoms with Crippen molar-refractivity contribution in [3.8, 4) is 5.75 Å². The predicted octanol–water partition coefficient (Wildman–Crippen LogP) is 1.01. The molecule has 0 unspecified atom stereocenters. The minimum absolute atomic E-state index is 0.489. The van der Waals surface area contributed by atoms with Crippen molar-refractivity contribution in [2.75, 3.05) is 20.1 Å². The van der Waals surface area contributed by atoms with Gasteiger partial charge in [0.1, 0.15) is 5.75 Å². The van der Waals surface area contributed by atoms with Crippen molar-refractivity contribution in [1.82, 2.24) is 9.88 Å². The number of aromatic amines is 1. The van der Waals surface area contributed by atoms with Crippen molar-refractivity contribution >= 4 is 18.2 Å². The first kappa shape index (κ1) is 13.9. The highest BCUT2D eigenvalue weighted by molar-refractivity contribution is 6.34. The van der Waals surface area contributed by atoms with E-state index in [9.17, 15) is 0 Å². The van der Waals surface area contributed by atoms with Gasteiger partial charge >= 0.3 is 7.32 Å². The van der Waals surface area contributed by atoms with E-state index in [1.165, 1.54) is 0 Å². The fourth-order valence-corrected chi connectivity index (χ4v) is 2.10. The van der Waals surface area contributed by atoms with E-state index in [-0.39, 0.29) is 0 Å². The number of benzene rings is 1. The van der Waals surface area contributed by atoms with Crippen LogP contribution >= 0.6 is 0 Å². The summed E-state index contributed by atoms with van der Waals surface area (Å²) < 4.78 is 5.04. The number of rotatable bonds is 6. The summed E-state index contributed by atoms with van der Waals surface area (Å²) >= 11 is 0. The van der Waals surface area contributed by atoms with Gasteiger partial charge in [0.2, 0.25) is 0 Å². The molecule has 0 atom stereocenters. The first-order valence-corrected chi connectivity index (χ1v) is 6.42. The van der Waals surface area contributed by atoms with Crippen LogP contribution in [0.2, 0.25) is 0 Å². The molecule has 0 spiro atoms. The zero-order valence-corrected chi connectivity index (χ0v) is 11.3. The predicted molar refractivity (Wildman–Crippen MR) is 76.0 cm³/mol. The molecule has 0 radical (unpaired) electrons. The van der Waals surface area contributed by atoms with Crippen LogP contribution in [0, 0.1) is 0 Å². The van der Waals surface area contributed by atoms with E-state index in [0.717, 1.165) is 36.0 Å². The molecule has 3 N–H and O–H groups in total. The summed E-state index contributed by atoms with van der Waals surface area (Å²) in [6, 6.07) is 5.50. The first-order valence-electron chi connectivity index (χ1n) is 6.42. The zero-order chi connectivity index (χ0) is 13.8. The van der Waals surface area contributed by atoms with Crippen LogP contribution in [-0.4, -0.2) is 47.4 Å². The van der Waals surface area contributed by atoms with Gasteiger partial charge in [-0.15, -0.1) is 0 Å². The highest BCUT2D eigenvalue weighted by atomic mass is 16.6. The van der Waals surface area contributed by atoms with Gasteiger partial charge in [0, 0.05) is 23.6 Å². The monoisotopic (exact) mass is 262 g/mol. The van der Waals surface area contributed by atoms with E-state index in [0.29, 0.717) is 5.75 Å². The summed E-state index contributed by atoms with van der Waals surface area (Å²) in [4.78, 5) is 5.41. The molecule has 0 aliphatic rings. The number of hydrogen-bond donors (Lipinski definition) is 3. The third kappa shape index (κ3) is 3.29. The lowest BCUT2D eigenvalue weighted by atomic mass is 10.1. The Kier molecular flexibility index (Phi) is 4.47. The molecule has 0 bridgehead atoms. The lowest BCUT2D eigenvalue weighted by molar-refractivity contribution is 0.289. The smallest absolute Gasteiger partial charge is 0.511 e. The topological polar surface area (TPSA) is 68.7 Å². The second-order valence-corrected chi connectivity index (χ2v) is 4.58. The number of H-pyrrole nitrogens is 1. The Hall–Kier alpha value is -1.50. The van der Waals surface area contributed by atoms with Gasteiger partial charge in [0.15, 0.2) is 0 Å². The lowest BCUT2D eigenvalue weighted by Crippen LogP contribution is -2.21. The molecule has 19 heavy (non-hydrogen) atoms. The SMILES string of the molecule is CCN(C)CCc1c[nH]c2cccc(OB(O)O)c12. The first-order chi connectivity index (χ1) is 9.11. The molecule has 0 fully saturated rings. The van der Waals surface area contributed by atoms with E-state index in [2.05, 4.69) is 23.9 Å². The number of nitrogens with zero attached hydrogens (tertiary/aromatic N) is 1. The molecule has 0 saturated heterocycles. The van der Waals surface area contributed by atoms with Gasteiger partial charge in [0.05, 0.1) is 0 Å². The van der Waals surface area contributed by atoms with Crippen molar-refractivity contribution in [2.24, 2.45) is 0 Å². The van der Waals surface area contributed by atoms with E-state index >= 15 is 0 Å².